The molecular formula is C30H24N4O12S2. The molecule has 4 rings (SSSR count). The summed E-state index contributed by atoms with van der Waals surface area (Å²) < 4.78 is 39.0. The third-order valence-electron chi connectivity index (χ3n) is 6.46. The Labute approximate surface area is 275 Å². The lowest BCUT2D eigenvalue weighted by atomic mass is 10.1. The molecule has 0 radical (unpaired) electrons. The first-order valence-electron chi connectivity index (χ1n) is 13.2. The minimum atomic E-state index is -4.78. The van der Waals surface area contributed by atoms with Gasteiger partial charge in [-0.05, 0) is 84.6 Å². The number of aromatic carboxylic acids is 2. The molecule has 18 heteroatoms. The number of azo groups is 2. The van der Waals surface area contributed by atoms with Gasteiger partial charge < -0.3 is 20.4 Å². The van der Waals surface area contributed by atoms with Crippen molar-refractivity contribution >= 4 is 69.0 Å². The van der Waals surface area contributed by atoms with E-state index in [1.54, 1.807) is 6.07 Å². The van der Waals surface area contributed by atoms with E-state index >= 15 is 0 Å². The summed E-state index contributed by atoms with van der Waals surface area (Å²) in [6.45, 7) is 2.98. The molecule has 16 nitrogen and oxygen atoms in total. The van der Waals surface area contributed by atoms with Gasteiger partial charge >= 0.3 is 11.9 Å². The third-order valence-corrected chi connectivity index (χ3v) is 8.03. The maximum Gasteiger partial charge on any atom is 0.339 e. The van der Waals surface area contributed by atoms with Crippen molar-refractivity contribution in [3.8, 4) is 11.5 Å². The van der Waals surface area contributed by atoms with Crippen molar-refractivity contribution < 1.29 is 57.6 Å². The topological polar surface area (TPSA) is 258 Å². The normalized spacial score (nSPS) is 12.0. The van der Waals surface area contributed by atoms with E-state index in [9.17, 15) is 43.0 Å². The van der Waals surface area contributed by atoms with Crippen molar-refractivity contribution in [3.63, 3.8) is 0 Å². The predicted molar refractivity (Wildman–Crippen MR) is 170 cm³/mol. The van der Waals surface area contributed by atoms with E-state index in [1.807, 2.05) is 0 Å². The Hall–Kier alpha value is -5.50. The molecule has 0 unspecified atom stereocenters. The minimum Gasteiger partial charge on any atom is -0.507 e. The second kappa shape index (κ2) is 14.9. The van der Waals surface area contributed by atoms with Crippen LogP contribution in [0.3, 0.4) is 0 Å². The fourth-order valence-electron chi connectivity index (χ4n) is 4.17. The standard InChI is InChI=1S/C30H24N4O12S2/c1-15-9-21(11-23(27(15)35)29(37)38)33-31-19-7-5-17(25(13-19)47-46-45-41)3-4-18-6-8-20(14-26(18)48(42,43)44)32-34-22-10-16(2)28(36)24(12-22)30(39)40/h3-14,35-36,41H,1-2H3,(H,37,38)(H,39,40)(H,42,43,44). The number of benzene rings is 4. The van der Waals surface area contributed by atoms with Crippen LogP contribution in [0.1, 0.15) is 43.0 Å². The lowest BCUT2D eigenvalue weighted by Crippen LogP contribution is -2.00. The van der Waals surface area contributed by atoms with Gasteiger partial charge in [-0.25, -0.2) is 14.8 Å². The number of aromatic hydroxyl groups is 2. The van der Waals surface area contributed by atoms with Crippen molar-refractivity contribution in [2.75, 3.05) is 0 Å². The molecule has 0 aliphatic carbocycles. The molecule has 0 heterocycles. The molecule has 0 atom stereocenters. The molecule has 6 N–H and O–H groups in total. The largest absolute Gasteiger partial charge is 0.507 e. The molecule has 0 saturated heterocycles. The van der Waals surface area contributed by atoms with Crippen molar-refractivity contribution in [1.29, 1.82) is 0 Å². The number of hydrogen-bond donors (Lipinski definition) is 6. The van der Waals surface area contributed by atoms with E-state index in [2.05, 4.69) is 29.8 Å². The molecule has 0 aromatic heterocycles. The van der Waals surface area contributed by atoms with Gasteiger partial charge in [0.25, 0.3) is 10.1 Å². The zero-order chi connectivity index (χ0) is 35.2. The molecule has 0 amide bonds. The summed E-state index contributed by atoms with van der Waals surface area (Å²) in [6.07, 6.45) is 2.82. The summed E-state index contributed by atoms with van der Waals surface area (Å²) in [6, 6.07) is 13.4. The van der Waals surface area contributed by atoms with Crippen molar-refractivity contribution in [3.05, 3.63) is 94.0 Å². The van der Waals surface area contributed by atoms with Crippen LogP contribution in [-0.2, 0) is 19.5 Å². The highest BCUT2D eigenvalue weighted by Gasteiger charge is 2.17. The van der Waals surface area contributed by atoms with Gasteiger partial charge in [0.2, 0.25) is 0 Å². The molecule has 4 aromatic rings. The fourth-order valence-corrected chi connectivity index (χ4v) is 5.37. The van der Waals surface area contributed by atoms with Crippen molar-refractivity contribution in [1.82, 2.24) is 0 Å². The molecule has 48 heavy (non-hydrogen) atoms. The van der Waals surface area contributed by atoms with Gasteiger partial charge in [0.15, 0.2) is 0 Å². The van der Waals surface area contributed by atoms with E-state index in [0.717, 1.165) is 18.2 Å². The smallest absolute Gasteiger partial charge is 0.339 e. The lowest BCUT2D eigenvalue weighted by Gasteiger charge is -2.07. The van der Waals surface area contributed by atoms with E-state index in [4.69, 9.17) is 5.26 Å². The Bertz CT molecular complexity index is 2120. The van der Waals surface area contributed by atoms with Crippen LogP contribution in [0.15, 0.2) is 90.9 Å². The van der Waals surface area contributed by atoms with Gasteiger partial charge in [0.05, 0.1) is 34.8 Å². The number of carbonyl (C=O) groups is 2. The van der Waals surface area contributed by atoms with Crippen LogP contribution in [0.2, 0.25) is 0 Å². The van der Waals surface area contributed by atoms with Crippen LogP contribution < -0.4 is 0 Å². The van der Waals surface area contributed by atoms with Crippen LogP contribution in [-0.4, -0.2) is 50.6 Å². The van der Waals surface area contributed by atoms with Gasteiger partial charge in [-0.2, -0.15) is 28.9 Å². The lowest BCUT2D eigenvalue weighted by molar-refractivity contribution is -0.432. The summed E-state index contributed by atoms with van der Waals surface area (Å²) in [5.41, 5.74) is 0.696. The fraction of sp³-hybridized carbons (Fsp3) is 0.0667. The molecule has 0 aliphatic heterocycles. The molecule has 0 saturated carbocycles. The molecule has 0 spiro atoms. The number of hydrogen-bond acceptors (Lipinski definition) is 14. The predicted octanol–water partition coefficient (Wildman–Crippen LogP) is 7.79. The van der Waals surface area contributed by atoms with Crippen LogP contribution in [0, 0.1) is 13.8 Å². The Morgan fingerprint density at radius 1 is 0.708 bits per heavy atom. The first-order chi connectivity index (χ1) is 22.7. The van der Waals surface area contributed by atoms with Gasteiger partial charge in [0.1, 0.15) is 27.5 Å². The van der Waals surface area contributed by atoms with Crippen molar-refractivity contribution in [2.45, 2.75) is 23.6 Å². The first-order valence-corrected chi connectivity index (χ1v) is 15.4. The Balaban J connectivity index is 1.65. The summed E-state index contributed by atoms with van der Waals surface area (Å²) in [5.74, 6) is -3.55. The number of nitrogens with zero attached hydrogens (tertiary/aromatic N) is 4. The molecule has 4 aromatic carbocycles. The molecular weight excluding hydrogens is 672 g/mol. The van der Waals surface area contributed by atoms with Gasteiger partial charge in [-0.15, -0.1) is 4.33 Å². The number of carboxylic acids is 2. The van der Waals surface area contributed by atoms with E-state index < -0.39 is 44.0 Å². The highest BCUT2D eigenvalue weighted by molar-refractivity contribution is 7.94. The number of carboxylic acid groups (broad SMARTS) is 2. The molecule has 0 bridgehead atoms. The van der Waals surface area contributed by atoms with Gasteiger partial charge in [0, 0.05) is 4.90 Å². The Kier molecular flexibility index (Phi) is 11.0. The summed E-state index contributed by atoms with van der Waals surface area (Å²) in [4.78, 5) is 22.6. The van der Waals surface area contributed by atoms with Crippen LogP contribution in [0.5, 0.6) is 11.5 Å². The van der Waals surface area contributed by atoms with Crippen molar-refractivity contribution in [2.24, 2.45) is 20.5 Å². The number of phenols is 2. The maximum absolute atomic E-state index is 12.3. The molecule has 248 valence electrons. The van der Waals surface area contributed by atoms with Crippen LogP contribution in [0.4, 0.5) is 22.7 Å². The minimum absolute atomic E-state index is 0.00105. The zero-order valence-corrected chi connectivity index (χ0v) is 26.3. The van der Waals surface area contributed by atoms with Gasteiger partial charge in [-0.3, -0.25) is 4.55 Å². The van der Waals surface area contributed by atoms with Crippen LogP contribution in [0.25, 0.3) is 12.2 Å². The number of aryl methyl sites for hydroxylation is 2. The zero-order valence-electron chi connectivity index (χ0n) is 24.7. The first kappa shape index (κ1) is 35.4. The maximum atomic E-state index is 12.3. The van der Waals surface area contributed by atoms with E-state index in [1.165, 1.54) is 62.4 Å². The highest BCUT2D eigenvalue weighted by atomic mass is 32.2. The summed E-state index contributed by atoms with van der Waals surface area (Å²) >= 11 is 0.567. The Morgan fingerprint density at radius 3 is 1.65 bits per heavy atom. The summed E-state index contributed by atoms with van der Waals surface area (Å²) in [5, 5.41) is 66.8. The average molecular weight is 697 g/mol. The second-order valence-corrected chi connectivity index (χ2v) is 11.9. The van der Waals surface area contributed by atoms with E-state index in [0.29, 0.717) is 22.5 Å². The SMILES string of the molecule is Cc1cc(N=Nc2ccc(C=Cc3ccc(N=Nc4cc(C)c(O)c(C(=O)O)c4)cc3S(=O)(=O)O)c(SOOO)c2)cc(C(=O)O)c1O. The summed E-state index contributed by atoms with van der Waals surface area (Å²) in [7, 11) is -4.78. The van der Waals surface area contributed by atoms with E-state index in [-0.39, 0.29) is 45.0 Å². The Morgan fingerprint density at radius 2 is 1.17 bits per heavy atom. The monoisotopic (exact) mass is 696 g/mol. The second-order valence-electron chi connectivity index (χ2n) is 9.81. The van der Waals surface area contributed by atoms with Crippen LogP contribution >= 0.6 is 12.0 Å². The van der Waals surface area contributed by atoms with Gasteiger partial charge in [-0.1, -0.05) is 29.3 Å². The highest BCUT2D eigenvalue weighted by Crippen LogP contribution is 2.34. The molecule has 0 fully saturated rings. The molecule has 0 aliphatic rings. The average Bonchev–Trinajstić information content (AvgIpc) is 3.03. The quantitative estimate of drug-likeness (QED) is 0.0207. The third kappa shape index (κ3) is 8.64. The number of rotatable bonds is 12.